The molecule has 4 rings (SSSR count). The van der Waals surface area contributed by atoms with E-state index in [4.69, 9.17) is 0 Å². The fourth-order valence-corrected chi connectivity index (χ4v) is 3.89. The zero-order valence-electron chi connectivity index (χ0n) is 15.7. The maximum atomic E-state index is 12.8. The Labute approximate surface area is 168 Å². The Hall–Kier alpha value is -3.54. The van der Waals surface area contributed by atoms with E-state index >= 15 is 0 Å². The number of hydrogen-bond acceptors (Lipinski definition) is 4. The van der Waals surface area contributed by atoms with Gasteiger partial charge in [-0.25, -0.2) is 0 Å². The molecule has 29 heavy (non-hydrogen) atoms. The minimum atomic E-state index is -0.508. The highest BCUT2D eigenvalue weighted by Gasteiger charge is 2.47. The van der Waals surface area contributed by atoms with Crippen molar-refractivity contribution in [3.05, 3.63) is 77.9 Å². The normalized spacial score (nSPS) is 20.5. The number of benzene rings is 2. The second kappa shape index (κ2) is 7.83. The molecule has 6 nitrogen and oxygen atoms in total. The molecule has 1 saturated heterocycles. The van der Waals surface area contributed by atoms with Gasteiger partial charge in [0.2, 0.25) is 17.7 Å². The number of amides is 3. The smallest absolute Gasteiger partial charge is 0.244 e. The number of hydrogen-bond donors (Lipinski definition) is 1. The molecule has 1 aliphatic heterocycles. The van der Waals surface area contributed by atoms with E-state index in [-0.39, 0.29) is 36.0 Å². The number of carbonyl (C=O) groups excluding carboxylic acids is 4. The van der Waals surface area contributed by atoms with Crippen molar-refractivity contribution >= 4 is 29.2 Å². The minimum Gasteiger partial charge on any atom is -0.324 e. The number of nitrogens with one attached hydrogen (secondary N) is 1. The van der Waals surface area contributed by atoms with Crippen molar-refractivity contribution in [1.29, 1.82) is 0 Å². The molecular formula is C23H20N2O4. The van der Waals surface area contributed by atoms with Crippen LogP contribution in [0.4, 0.5) is 5.69 Å². The van der Waals surface area contributed by atoms with E-state index in [1.165, 1.54) is 0 Å². The summed E-state index contributed by atoms with van der Waals surface area (Å²) in [5, 5.41) is 2.69. The highest BCUT2D eigenvalue weighted by atomic mass is 16.2. The molecule has 0 bridgehead atoms. The number of ketones is 1. The highest BCUT2D eigenvalue weighted by molar-refractivity contribution is 6.14. The summed E-state index contributed by atoms with van der Waals surface area (Å²) in [5.74, 6) is -2.06. The van der Waals surface area contributed by atoms with Gasteiger partial charge in [0.05, 0.1) is 17.5 Å². The first-order valence-corrected chi connectivity index (χ1v) is 9.55. The summed E-state index contributed by atoms with van der Waals surface area (Å²) in [4.78, 5) is 51.5. The summed E-state index contributed by atoms with van der Waals surface area (Å²) in [6, 6.07) is 15.5. The van der Waals surface area contributed by atoms with Gasteiger partial charge in [-0.05, 0) is 25.0 Å². The number of nitrogens with zero attached hydrogens (tertiary/aromatic N) is 1. The van der Waals surface area contributed by atoms with E-state index in [0.29, 0.717) is 29.7 Å². The van der Waals surface area contributed by atoms with Crippen LogP contribution in [0.5, 0.6) is 0 Å². The average Bonchev–Trinajstić information content (AvgIpc) is 2.99. The molecule has 2 aromatic rings. The summed E-state index contributed by atoms with van der Waals surface area (Å²) in [7, 11) is 0. The molecule has 3 amide bonds. The van der Waals surface area contributed by atoms with Crippen LogP contribution in [0.3, 0.4) is 0 Å². The zero-order valence-corrected chi connectivity index (χ0v) is 15.7. The van der Waals surface area contributed by atoms with Crippen LogP contribution < -0.4 is 5.32 Å². The Balaban J connectivity index is 1.49. The summed E-state index contributed by atoms with van der Waals surface area (Å²) >= 11 is 0. The molecule has 0 radical (unpaired) electrons. The molecule has 146 valence electrons. The predicted octanol–water partition coefficient (Wildman–Crippen LogP) is 2.81. The monoisotopic (exact) mass is 388 g/mol. The lowest BCUT2D eigenvalue weighted by Crippen LogP contribution is -2.38. The molecule has 1 N–H and O–H groups in total. The van der Waals surface area contributed by atoms with E-state index in [1.54, 1.807) is 48.5 Å². The van der Waals surface area contributed by atoms with E-state index in [1.807, 2.05) is 18.2 Å². The molecule has 1 fully saturated rings. The molecular weight excluding hydrogens is 368 g/mol. The van der Waals surface area contributed by atoms with Crippen LogP contribution in [0, 0.1) is 11.8 Å². The first-order chi connectivity index (χ1) is 14.1. The Morgan fingerprint density at radius 1 is 0.862 bits per heavy atom. The number of imide groups is 1. The molecule has 0 aromatic heterocycles. The molecule has 0 unspecified atom stereocenters. The summed E-state index contributed by atoms with van der Waals surface area (Å²) in [6.07, 6.45) is 4.87. The van der Waals surface area contributed by atoms with Crippen molar-refractivity contribution in [2.24, 2.45) is 11.8 Å². The van der Waals surface area contributed by atoms with E-state index in [0.717, 1.165) is 4.90 Å². The van der Waals surface area contributed by atoms with Gasteiger partial charge in [-0.3, -0.25) is 24.1 Å². The second-order valence-corrected chi connectivity index (χ2v) is 7.21. The van der Waals surface area contributed by atoms with Gasteiger partial charge < -0.3 is 5.32 Å². The molecule has 2 aliphatic rings. The highest BCUT2D eigenvalue weighted by Crippen LogP contribution is 2.34. The molecule has 1 aliphatic carbocycles. The first-order valence-electron chi connectivity index (χ1n) is 9.55. The average molecular weight is 388 g/mol. The fourth-order valence-electron chi connectivity index (χ4n) is 3.89. The van der Waals surface area contributed by atoms with Crippen LogP contribution >= 0.6 is 0 Å². The molecule has 2 atom stereocenters. The number of likely N-dealkylation sites (tertiary alicyclic amines) is 1. The number of carbonyl (C=O) groups is 4. The molecule has 2 aromatic carbocycles. The fraction of sp³-hybridized carbons (Fsp3) is 0.217. The van der Waals surface area contributed by atoms with Crippen LogP contribution in [-0.2, 0) is 14.4 Å². The van der Waals surface area contributed by atoms with Crippen molar-refractivity contribution in [3.63, 3.8) is 0 Å². The van der Waals surface area contributed by atoms with Gasteiger partial charge in [0.25, 0.3) is 0 Å². The van der Waals surface area contributed by atoms with Crippen molar-refractivity contribution in [2.45, 2.75) is 12.8 Å². The summed E-state index contributed by atoms with van der Waals surface area (Å²) in [5.41, 5.74) is 1.21. The Bertz CT molecular complexity index is 987. The van der Waals surface area contributed by atoms with E-state index in [2.05, 4.69) is 5.32 Å². The molecule has 1 heterocycles. The molecule has 0 saturated carbocycles. The van der Waals surface area contributed by atoms with E-state index < -0.39 is 5.91 Å². The minimum absolute atomic E-state index is 0.216. The predicted molar refractivity (Wildman–Crippen MR) is 107 cm³/mol. The topological polar surface area (TPSA) is 83.6 Å². The van der Waals surface area contributed by atoms with Crippen LogP contribution in [-0.4, -0.2) is 34.9 Å². The van der Waals surface area contributed by atoms with E-state index in [9.17, 15) is 19.2 Å². The van der Waals surface area contributed by atoms with Crippen molar-refractivity contribution in [1.82, 2.24) is 4.90 Å². The summed E-state index contributed by atoms with van der Waals surface area (Å²) < 4.78 is 0. The van der Waals surface area contributed by atoms with Crippen molar-refractivity contribution in [3.8, 4) is 0 Å². The Morgan fingerprint density at radius 2 is 1.45 bits per heavy atom. The third-order valence-electron chi connectivity index (χ3n) is 5.38. The standard InChI is InChI=1S/C23H20N2O4/c26-20(14-25-22(28)16-10-4-5-11-17(16)23(25)29)24-19-13-7-6-12-18(19)21(27)15-8-2-1-3-9-15/h1-9,12-13,16-17H,10-11,14H2,(H,24,26)/t16-,17-/m1/s1. The number of allylic oxidation sites excluding steroid dienone is 2. The van der Waals surface area contributed by atoms with Crippen LogP contribution in [0.2, 0.25) is 0 Å². The van der Waals surface area contributed by atoms with Crippen molar-refractivity contribution in [2.75, 3.05) is 11.9 Å². The summed E-state index contributed by atoms with van der Waals surface area (Å²) in [6.45, 7) is -0.349. The van der Waals surface area contributed by atoms with Gasteiger partial charge in [0.1, 0.15) is 6.54 Å². The van der Waals surface area contributed by atoms with Gasteiger partial charge in [-0.2, -0.15) is 0 Å². The first kappa shape index (κ1) is 18.8. The number of rotatable bonds is 5. The maximum Gasteiger partial charge on any atom is 0.244 e. The third-order valence-corrected chi connectivity index (χ3v) is 5.38. The van der Waals surface area contributed by atoms with Crippen LogP contribution in [0.25, 0.3) is 0 Å². The third kappa shape index (κ3) is 3.61. The van der Waals surface area contributed by atoms with Gasteiger partial charge in [0, 0.05) is 11.1 Å². The largest absolute Gasteiger partial charge is 0.324 e. The second-order valence-electron chi connectivity index (χ2n) is 7.21. The lowest BCUT2D eigenvalue weighted by Gasteiger charge is -2.16. The van der Waals surface area contributed by atoms with Gasteiger partial charge >= 0.3 is 0 Å². The maximum absolute atomic E-state index is 12.8. The molecule has 0 spiro atoms. The Kier molecular flexibility index (Phi) is 5.08. The molecule has 6 heteroatoms. The van der Waals surface area contributed by atoms with Gasteiger partial charge in [-0.15, -0.1) is 0 Å². The number of anilines is 1. The lowest BCUT2D eigenvalue weighted by molar-refractivity contribution is -0.142. The van der Waals surface area contributed by atoms with Crippen LogP contribution in [0.15, 0.2) is 66.7 Å². The van der Waals surface area contributed by atoms with Gasteiger partial charge in [0.15, 0.2) is 5.78 Å². The number of fused-ring (bicyclic) bond motifs is 1. The van der Waals surface area contributed by atoms with Gasteiger partial charge in [-0.1, -0.05) is 54.6 Å². The Morgan fingerprint density at radius 3 is 2.10 bits per heavy atom. The quantitative estimate of drug-likeness (QED) is 0.485. The van der Waals surface area contributed by atoms with Crippen molar-refractivity contribution < 1.29 is 19.2 Å². The SMILES string of the molecule is O=C(CN1C(=O)[C@@H]2CC=CC[C@H]2C1=O)Nc1ccccc1C(=O)c1ccccc1. The zero-order chi connectivity index (χ0) is 20.4. The lowest BCUT2D eigenvalue weighted by atomic mass is 9.85. The van der Waals surface area contributed by atoms with Crippen LogP contribution in [0.1, 0.15) is 28.8 Å². The number of para-hydroxylation sites is 1.